The standard InChI is InChI=1S/C16H24ClN5/c1-16(2,18)12-21-7-5-20(6-8-21)10-14-11-22-9-13(17)3-4-15(22)19-14/h3-4,9,11H,5-8,10,12,18H2,1-2H3. The van der Waals surface area contributed by atoms with Crippen molar-refractivity contribution < 1.29 is 0 Å². The molecule has 0 spiro atoms. The molecule has 1 aliphatic rings. The van der Waals surface area contributed by atoms with Crippen LogP contribution >= 0.6 is 11.6 Å². The van der Waals surface area contributed by atoms with Gasteiger partial charge in [-0.05, 0) is 26.0 Å². The number of nitrogens with two attached hydrogens (primary N) is 1. The second-order valence-electron chi connectivity index (χ2n) is 6.89. The molecule has 1 saturated heterocycles. The number of hydrogen-bond acceptors (Lipinski definition) is 4. The Labute approximate surface area is 136 Å². The molecule has 0 aliphatic carbocycles. The fourth-order valence-electron chi connectivity index (χ4n) is 3.00. The molecule has 120 valence electrons. The van der Waals surface area contributed by atoms with E-state index in [1.165, 1.54) is 0 Å². The number of rotatable bonds is 4. The van der Waals surface area contributed by atoms with Crippen LogP contribution in [0, 0.1) is 0 Å². The molecule has 2 N–H and O–H groups in total. The Morgan fingerprint density at radius 1 is 1.14 bits per heavy atom. The van der Waals surface area contributed by atoms with Gasteiger partial charge in [-0.2, -0.15) is 0 Å². The lowest BCUT2D eigenvalue weighted by molar-refractivity contribution is 0.111. The molecule has 0 unspecified atom stereocenters. The third-order valence-corrected chi connectivity index (χ3v) is 4.17. The number of halogens is 1. The molecule has 22 heavy (non-hydrogen) atoms. The summed E-state index contributed by atoms with van der Waals surface area (Å²) in [5.41, 5.74) is 8.02. The summed E-state index contributed by atoms with van der Waals surface area (Å²) in [4.78, 5) is 9.55. The summed E-state index contributed by atoms with van der Waals surface area (Å²) in [7, 11) is 0. The zero-order valence-electron chi connectivity index (χ0n) is 13.3. The highest BCUT2D eigenvalue weighted by molar-refractivity contribution is 6.30. The summed E-state index contributed by atoms with van der Waals surface area (Å²) >= 11 is 6.01. The van der Waals surface area contributed by atoms with E-state index in [0.717, 1.165) is 55.6 Å². The van der Waals surface area contributed by atoms with E-state index >= 15 is 0 Å². The molecule has 0 bridgehead atoms. The molecule has 5 nitrogen and oxygen atoms in total. The van der Waals surface area contributed by atoms with Gasteiger partial charge in [0.2, 0.25) is 0 Å². The maximum atomic E-state index is 6.10. The molecule has 1 fully saturated rings. The van der Waals surface area contributed by atoms with Gasteiger partial charge in [0.15, 0.2) is 0 Å². The largest absolute Gasteiger partial charge is 0.324 e. The van der Waals surface area contributed by atoms with Crippen molar-refractivity contribution in [3.8, 4) is 0 Å². The van der Waals surface area contributed by atoms with Crippen LogP contribution in [-0.4, -0.2) is 57.4 Å². The number of imidazole rings is 1. The Morgan fingerprint density at radius 2 is 1.82 bits per heavy atom. The highest BCUT2D eigenvalue weighted by Crippen LogP contribution is 2.14. The van der Waals surface area contributed by atoms with Gasteiger partial charge in [-0.3, -0.25) is 9.80 Å². The zero-order valence-corrected chi connectivity index (χ0v) is 14.1. The summed E-state index contributed by atoms with van der Waals surface area (Å²) in [5.74, 6) is 0. The van der Waals surface area contributed by atoms with Gasteiger partial charge in [0.05, 0.1) is 10.7 Å². The van der Waals surface area contributed by atoms with Crippen molar-refractivity contribution >= 4 is 17.2 Å². The minimum Gasteiger partial charge on any atom is -0.324 e. The first-order valence-electron chi connectivity index (χ1n) is 7.76. The van der Waals surface area contributed by atoms with Crippen LogP contribution in [0.1, 0.15) is 19.5 Å². The van der Waals surface area contributed by atoms with E-state index in [-0.39, 0.29) is 5.54 Å². The second kappa shape index (κ2) is 6.16. The third-order valence-electron chi connectivity index (χ3n) is 3.95. The van der Waals surface area contributed by atoms with E-state index in [0.29, 0.717) is 0 Å². The van der Waals surface area contributed by atoms with Crippen LogP contribution in [0.2, 0.25) is 5.02 Å². The van der Waals surface area contributed by atoms with Gasteiger partial charge < -0.3 is 10.1 Å². The molecule has 0 aromatic carbocycles. The fraction of sp³-hybridized carbons (Fsp3) is 0.562. The van der Waals surface area contributed by atoms with E-state index in [4.69, 9.17) is 17.3 Å². The van der Waals surface area contributed by atoms with Crippen LogP contribution in [-0.2, 0) is 6.54 Å². The second-order valence-corrected chi connectivity index (χ2v) is 7.32. The lowest BCUT2D eigenvalue weighted by Crippen LogP contribution is -2.52. The Morgan fingerprint density at radius 3 is 2.50 bits per heavy atom. The van der Waals surface area contributed by atoms with Gasteiger partial charge in [0.25, 0.3) is 0 Å². The van der Waals surface area contributed by atoms with Crippen LogP contribution in [0.5, 0.6) is 0 Å². The topological polar surface area (TPSA) is 49.8 Å². The molecule has 0 atom stereocenters. The molecule has 6 heteroatoms. The van der Waals surface area contributed by atoms with E-state index in [2.05, 4.69) is 34.8 Å². The quantitative estimate of drug-likeness (QED) is 0.933. The average molecular weight is 322 g/mol. The van der Waals surface area contributed by atoms with Crippen molar-refractivity contribution in [1.29, 1.82) is 0 Å². The van der Waals surface area contributed by atoms with Crippen molar-refractivity contribution in [3.05, 3.63) is 35.2 Å². The predicted octanol–water partition coefficient (Wildman–Crippen LogP) is 1.84. The van der Waals surface area contributed by atoms with E-state index in [9.17, 15) is 0 Å². The van der Waals surface area contributed by atoms with Crippen molar-refractivity contribution in [2.24, 2.45) is 5.73 Å². The van der Waals surface area contributed by atoms with Gasteiger partial charge in [0, 0.05) is 57.2 Å². The maximum Gasteiger partial charge on any atom is 0.137 e. The molecule has 3 rings (SSSR count). The lowest BCUT2D eigenvalue weighted by atomic mass is 10.1. The summed E-state index contributed by atoms with van der Waals surface area (Å²) in [6.07, 6.45) is 3.96. The van der Waals surface area contributed by atoms with Gasteiger partial charge in [-0.1, -0.05) is 11.6 Å². The van der Waals surface area contributed by atoms with Crippen molar-refractivity contribution in [2.45, 2.75) is 25.9 Å². The van der Waals surface area contributed by atoms with Crippen molar-refractivity contribution in [1.82, 2.24) is 19.2 Å². The van der Waals surface area contributed by atoms with E-state index in [1.54, 1.807) is 0 Å². The number of piperazine rings is 1. The average Bonchev–Trinajstić information content (AvgIpc) is 2.80. The third kappa shape index (κ3) is 3.98. The first-order chi connectivity index (χ1) is 10.4. The lowest BCUT2D eigenvalue weighted by Gasteiger charge is -2.37. The number of fused-ring (bicyclic) bond motifs is 1. The number of aromatic nitrogens is 2. The van der Waals surface area contributed by atoms with Crippen molar-refractivity contribution in [2.75, 3.05) is 32.7 Å². The first kappa shape index (κ1) is 15.7. The molecule has 0 amide bonds. The van der Waals surface area contributed by atoms with Crippen molar-refractivity contribution in [3.63, 3.8) is 0 Å². The number of hydrogen-bond donors (Lipinski definition) is 1. The van der Waals surface area contributed by atoms with Crippen LogP contribution in [0.4, 0.5) is 0 Å². The fourth-order valence-corrected chi connectivity index (χ4v) is 3.17. The molecule has 2 aromatic heterocycles. The Balaban J connectivity index is 1.57. The molecule has 0 radical (unpaired) electrons. The van der Waals surface area contributed by atoms with Gasteiger partial charge in [-0.15, -0.1) is 0 Å². The molecule has 0 saturated carbocycles. The SMILES string of the molecule is CC(C)(N)CN1CCN(Cc2cn3cc(Cl)ccc3n2)CC1. The summed E-state index contributed by atoms with van der Waals surface area (Å²) < 4.78 is 1.99. The first-order valence-corrected chi connectivity index (χ1v) is 8.14. The highest BCUT2D eigenvalue weighted by Gasteiger charge is 2.22. The smallest absolute Gasteiger partial charge is 0.137 e. The summed E-state index contributed by atoms with van der Waals surface area (Å²) in [6, 6.07) is 3.83. The molecular formula is C16H24ClN5. The van der Waals surface area contributed by atoms with Gasteiger partial charge >= 0.3 is 0 Å². The Kier molecular flexibility index (Phi) is 4.41. The normalized spacial score (nSPS) is 18.2. The zero-order chi connectivity index (χ0) is 15.7. The Hall–Kier alpha value is -1.14. The molecular weight excluding hydrogens is 298 g/mol. The minimum absolute atomic E-state index is 0.122. The molecule has 3 heterocycles. The number of pyridine rings is 1. The molecule has 1 aliphatic heterocycles. The summed E-state index contributed by atoms with van der Waals surface area (Å²) in [6.45, 7) is 10.3. The minimum atomic E-state index is -0.122. The van der Waals surface area contributed by atoms with E-state index in [1.807, 2.05) is 22.7 Å². The Bertz CT molecular complexity index is 638. The predicted molar refractivity (Wildman–Crippen MR) is 90.2 cm³/mol. The highest BCUT2D eigenvalue weighted by atomic mass is 35.5. The maximum absolute atomic E-state index is 6.10. The van der Waals surface area contributed by atoms with E-state index < -0.39 is 0 Å². The van der Waals surface area contributed by atoms with Crippen LogP contribution < -0.4 is 5.73 Å². The van der Waals surface area contributed by atoms with Crippen LogP contribution in [0.3, 0.4) is 0 Å². The number of nitrogens with zero attached hydrogens (tertiary/aromatic N) is 4. The summed E-state index contributed by atoms with van der Waals surface area (Å²) in [5, 5.41) is 0.731. The molecule has 2 aromatic rings. The van der Waals surface area contributed by atoms with Crippen LogP contribution in [0.25, 0.3) is 5.65 Å². The van der Waals surface area contributed by atoms with Gasteiger partial charge in [-0.25, -0.2) is 4.98 Å². The van der Waals surface area contributed by atoms with Gasteiger partial charge in [0.1, 0.15) is 5.65 Å². The monoisotopic (exact) mass is 321 g/mol. The van der Waals surface area contributed by atoms with Crippen LogP contribution in [0.15, 0.2) is 24.5 Å².